The number of hydrogen-bond donors (Lipinski definition) is 1. The van der Waals surface area contributed by atoms with Crippen LogP contribution in [-0.4, -0.2) is 19.8 Å². The number of aryl methyl sites for hydroxylation is 1. The van der Waals surface area contributed by atoms with E-state index in [-0.39, 0.29) is 0 Å². The Morgan fingerprint density at radius 1 is 1.26 bits per heavy atom. The molecular weight excluding hydrogens is 256 g/mol. The third-order valence-corrected chi connectivity index (χ3v) is 3.13. The van der Waals surface area contributed by atoms with Crippen molar-refractivity contribution in [3.05, 3.63) is 53.9 Å². The normalized spacial score (nSPS) is 10.8. The average Bonchev–Trinajstić information content (AvgIpc) is 2.83. The fourth-order valence-corrected chi connectivity index (χ4v) is 2.14. The first-order chi connectivity index (χ1) is 9.15. The molecule has 0 amide bonds. The van der Waals surface area contributed by atoms with E-state index in [0.717, 1.165) is 22.2 Å². The van der Waals surface area contributed by atoms with Crippen LogP contribution < -0.4 is 5.73 Å². The highest BCUT2D eigenvalue weighted by Crippen LogP contribution is 2.19. The topological polar surface area (TPSA) is 56.7 Å². The summed E-state index contributed by atoms with van der Waals surface area (Å²) in [6.45, 7) is 1.93. The van der Waals surface area contributed by atoms with Gasteiger partial charge in [-0.15, -0.1) is 0 Å². The predicted octanol–water partition coefficient (Wildman–Crippen LogP) is 2.36. The molecule has 0 aliphatic heterocycles. The third-order valence-electron chi connectivity index (χ3n) is 2.91. The van der Waals surface area contributed by atoms with Crippen LogP contribution in [0, 0.1) is 6.92 Å². The van der Waals surface area contributed by atoms with E-state index < -0.39 is 0 Å². The molecule has 0 atom stereocenters. The molecule has 1 aromatic carbocycles. The number of thiocarbonyl (C=S) groups is 1. The molecule has 0 fully saturated rings. The van der Waals surface area contributed by atoms with Crippen molar-refractivity contribution in [2.24, 2.45) is 5.73 Å². The summed E-state index contributed by atoms with van der Waals surface area (Å²) in [7, 11) is 0. The van der Waals surface area contributed by atoms with Gasteiger partial charge in [-0.3, -0.25) is 0 Å². The van der Waals surface area contributed by atoms with Gasteiger partial charge in [-0.2, -0.15) is 5.10 Å². The minimum atomic E-state index is 0.321. The molecule has 5 heteroatoms. The van der Waals surface area contributed by atoms with E-state index in [1.807, 2.05) is 49.5 Å². The smallest absolute Gasteiger partial charge is 0.164 e. The van der Waals surface area contributed by atoms with Gasteiger partial charge in [0.2, 0.25) is 0 Å². The van der Waals surface area contributed by atoms with Crippen LogP contribution in [0.25, 0.3) is 16.7 Å². The number of rotatable bonds is 2. The fourth-order valence-electron chi connectivity index (χ4n) is 1.99. The summed E-state index contributed by atoms with van der Waals surface area (Å²) in [5.41, 5.74) is 8.35. The molecular formula is C14H12N4S. The average molecular weight is 268 g/mol. The van der Waals surface area contributed by atoms with Gasteiger partial charge in [-0.25, -0.2) is 9.67 Å². The molecule has 4 nitrogen and oxygen atoms in total. The molecule has 0 unspecified atom stereocenters. The highest BCUT2D eigenvalue weighted by atomic mass is 32.1. The van der Waals surface area contributed by atoms with Crippen molar-refractivity contribution >= 4 is 28.1 Å². The SMILES string of the molecule is Cc1ccn(-c2nc3ccccc3cc2C(N)=S)n1. The Labute approximate surface area is 115 Å². The number of nitrogens with zero attached hydrogens (tertiary/aromatic N) is 3. The van der Waals surface area contributed by atoms with Gasteiger partial charge in [0.15, 0.2) is 5.82 Å². The monoisotopic (exact) mass is 268 g/mol. The maximum absolute atomic E-state index is 5.80. The van der Waals surface area contributed by atoms with E-state index in [2.05, 4.69) is 10.1 Å². The second kappa shape index (κ2) is 4.44. The van der Waals surface area contributed by atoms with Crippen LogP contribution in [0.3, 0.4) is 0 Å². The van der Waals surface area contributed by atoms with Crippen LogP contribution in [0.1, 0.15) is 11.3 Å². The Kier molecular flexibility index (Phi) is 2.76. The van der Waals surface area contributed by atoms with Gasteiger partial charge in [0, 0.05) is 11.6 Å². The molecule has 2 aromatic heterocycles. The number of aromatic nitrogens is 3. The quantitative estimate of drug-likeness (QED) is 0.725. The van der Waals surface area contributed by atoms with Crippen LogP contribution >= 0.6 is 12.2 Å². The lowest BCUT2D eigenvalue weighted by atomic mass is 10.1. The molecule has 2 heterocycles. The van der Waals surface area contributed by atoms with E-state index in [0.29, 0.717) is 10.8 Å². The Hall–Kier alpha value is -2.27. The molecule has 0 saturated heterocycles. The van der Waals surface area contributed by atoms with Crippen LogP contribution in [0.2, 0.25) is 0 Å². The molecule has 0 bridgehead atoms. The molecule has 3 aromatic rings. The highest BCUT2D eigenvalue weighted by Gasteiger charge is 2.11. The van der Waals surface area contributed by atoms with Crippen LogP contribution in [-0.2, 0) is 0 Å². The first-order valence-corrected chi connectivity index (χ1v) is 6.28. The van der Waals surface area contributed by atoms with Crippen LogP contribution in [0.5, 0.6) is 0 Å². The van der Waals surface area contributed by atoms with Crippen LogP contribution in [0.15, 0.2) is 42.6 Å². The predicted molar refractivity (Wildman–Crippen MR) is 79.5 cm³/mol. The molecule has 3 rings (SSSR count). The Morgan fingerprint density at radius 3 is 2.74 bits per heavy atom. The van der Waals surface area contributed by atoms with E-state index in [4.69, 9.17) is 18.0 Å². The van der Waals surface area contributed by atoms with Crippen LogP contribution in [0.4, 0.5) is 0 Å². The number of fused-ring (bicyclic) bond motifs is 1. The molecule has 0 aliphatic carbocycles. The number of para-hydroxylation sites is 1. The lowest BCUT2D eigenvalue weighted by Crippen LogP contribution is -2.15. The summed E-state index contributed by atoms with van der Waals surface area (Å²) in [6.07, 6.45) is 1.86. The lowest BCUT2D eigenvalue weighted by Gasteiger charge is -2.09. The van der Waals surface area contributed by atoms with E-state index in [1.54, 1.807) is 4.68 Å². The minimum Gasteiger partial charge on any atom is -0.389 e. The Morgan fingerprint density at radius 2 is 2.05 bits per heavy atom. The zero-order valence-electron chi connectivity index (χ0n) is 10.4. The van der Waals surface area contributed by atoms with E-state index >= 15 is 0 Å². The second-order valence-corrected chi connectivity index (χ2v) is 4.76. The summed E-state index contributed by atoms with van der Waals surface area (Å²) >= 11 is 5.12. The molecule has 19 heavy (non-hydrogen) atoms. The molecule has 0 radical (unpaired) electrons. The molecule has 0 aliphatic rings. The number of benzene rings is 1. The van der Waals surface area contributed by atoms with Crippen molar-refractivity contribution in [2.75, 3.05) is 0 Å². The molecule has 0 saturated carbocycles. The second-order valence-electron chi connectivity index (χ2n) is 4.32. The highest BCUT2D eigenvalue weighted by molar-refractivity contribution is 7.80. The molecule has 0 spiro atoms. The summed E-state index contributed by atoms with van der Waals surface area (Å²) in [4.78, 5) is 4.93. The van der Waals surface area contributed by atoms with E-state index in [1.165, 1.54) is 0 Å². The number of pyridine rings is 1. The Balaban J connectivity index is 2.32. The van der Waals surface area contributed by atoms with Gasteiger partial charge < -0.3 is 5.73 Å². The van der Waals surface area contributed by atoms with Gasteiger partial charge in [-0.05, 0) is 25.1 Å². The van der Waals surface area contributed by atoms with Crippen molar-refractivity contribution in [3.63, 3.8) is 0 Å². The van der Waals surface area contributed by atoms with Crippen molar-refractivity contribution < 1.29 is 0 Å². The van der Waals surface area contributed by atoms with Gasteiger partial charge in [0.1, 0.15) is 4.99 Å². The van der Waals surface area contributed by atoms with Crippen molar-refractivity contribution in [1.82, 2.24) is 14.8 Å². The summed E-state index contributed by atoms with van der Waals surface area (Å²) < 4.78 is 1.70. The first-order valence-electron chi connectivity index (χ1n) is 5.87. The van der Waals surface area contributed by atoms with Gasteiger partial charge in [0.05, 0.1) is 16.8 Å². The zero-order chi connectivity index (χ0) is 13.4. The summed E-state index contributed by atoms with van der Waals surface area (Å²) in [5, 5.41) is 5.38. The fraction of sp³-hybridized carbons (Fsp3) is 0.0714. The maximum atomic E-state index is 5.80. The van der Waals surface area contributed by atoms with Gasteiger partial charge >= 0.3 is 0 Å². The number of hydrogen-bond acceptors (Lipinski definition) is 3. The molecule has 94 valence electrons. The largest absolute Gasteiger partial charge is 0.389 e. The van der Waals surface area contributed by atoms with Gasteiger partial charge in [-0.1, -0.05) is 30.4 Å². The zero-order valence-corrected chi connectivity index (χ0v) is 11.2. The molecule has 2 N–H and O–H groups in total. The first kappa shape index (κ1) is 11.8. The third kappa shape index (κ3) is 2.08. The lowest BCUT2D eigenvalue weighted by molar-refractivity contribution is 0.835. The van der Waals surface area contributed by atoms with Crippen molar-refractivity contribution in [1.29, 1.82) is 0 Å². The number of nitrogens with two attached hydrogens (primary N) is 1. The van der Waals surface area contributed by atoms with Gasteiger partial charge in [0.25, 0.3) is 0 Å². The van der Waals surface area contributed by atoms with E-state index in [9.17, 15) is 0 Å². The van der Waals surface area contributed by atoms with Crippen molar-refractivity contribution in [3.8, 4) is 5.82 Å². The van der Waals surface area contributed by atoms with Crippen molar-refractivity contribution in [2.45, 2.75) is 6.92 Å². The Bertz CT molecular complexity index is 776. The maximum Gasteiger partial charge on any atom is 0.164 e. The minimum absolute atomic E-state index is 0.321. The standard InChI is InChI=1S/C14H12N4S/c1-9-6-7-18(17-9)14-11(13(15)19)8-10-4-2-3-5-12(10)16-14/h2-8H,1H3,(H2,15,19). The summed E-state index contributed by atoms with van der Waals surface area (Å²) in [6, 6.07) is 11.7. The summed E-state index contributed by atoms with van der Waals surface area (Å²) in [5.74, 6) is 0.666.